The van der Waals surface area contributed by atoms with Crippen molar-refractivity contribution in [2.24, 2.45) is 10.3 Å². The van der Waals surface area contributed by atoms with Gasteiger partial charge in [0.05, 0.1) is 10.6 Å². The van der Waals surface area contributed by atoms with Crippen molar-refractivity contribution in [2.45, 2.75) is 35.9 Å². The summed E-state index contributed by atoms with van der Waals surface area (Å²) in [5.74, 6) is -0.406. The summed E-state index contributed by atoms with van der Waals surface area (Å²) in [6.07, 6.45) is 1.44. The number of halogens is 2. The molecule has 2 rings (SSSR count). The zero-order chi connectivity index (χ0) is 17.4. The molecule has 1 aliphatic carbocycles. The highest BCUT2D eigenvalue weighted by atomic mass is 35.5. The lowest BCUT2D eigenvalue weighted by molar-refractivity contribution is -0.116. The van der Waals surface area contributed by atoms with Gasteiger partial charge < -0.3 is 0 Å². The minimum Gasteiger partial charge on any atom is -0.293 e. The molecule has 2 atom stereocenters. The smallest absolute Gasteiger partial charge is 0.282 e. The first-order valence-electron chi connectivity index (χ1n) is 7.06. The van der Waals surface area contributed by atoms with E-state index in [2.05, 4.69) is 4.40 Å². The van der Waals surface area contributed by atoms with Crippen LogP contribution in [0.3, 0.4) is 0 Å². The van der Waals surface area contributed by atoms with Crippen LogP contribution in [0.15, 0.2) is 51.3 Å². The Labute approximate surface area is 146 Å². The molecule has 1 aliphatic rings. The fourth-order valence-corrected chi connectivity index (χ4v) is 3.81. The number of carbonyl (C=O) groups is 1. The third kappa shape index (κ3) is 3.52. The Morgan fingerprint density at radius 3 is 2.30 bits per heavy atom. The Morgan fingerprint density at radius 2 is 1.78 bits per heavy atom. The van der Waals surface area contributed by atoms with E-state index in [-0.39, 0.29) is 22.3 Å². The van der Waals surface area contributed by atoms with Crippen molar-refractivity contribution in [3.63, 3.8) is 0 Å². The van der Waals surface area contributed by atoms with E-state index in [1.165, 1.54) is 25.1 Å². The van der Waals surface area contributed by atoms with Gasteiger partial charge in [0, 0.05) is 5.57 Å². The van der Waals surface area contributed by atoms with Crippen molar-refractivity contribution in [3.05, 3.63) is 42.0 Å². The summed E-state index contributed by atoms with van der Waals surface area (Å²) in [5, 5.41) is -1.07. The first kappa shape index (κ1) is 18.2. The summed E-state index contributed by atoms with van der Waals surface area (Å²) in [6.45, 7) is 5.15. The SMILES string of the molecule is CC(C)C1=CC(=NS(=O)(=O)c2ccccc2)[C@](C)(Cl)[C@H](Cl)C1=O. The second-order valence-corrected chi connectivity index (χ2v) is 8.65. The number of hydrogen-bond donors (Lipinski definition) is 0. The fourth-order valence-electron chi connectivity index (χ4n) is 2.22. The maximum absolute atomic E-state index is 12.4. The number of allylic oxidation sites excluding steroid dienone is 2. The molecule has 0 aliphatic heterocycles. The number of ketones is 1. The first-order chi connectivity index (χ1) is 10.6. The molecule has 124 valence electrons. The van der Waals surface area contributed by atoms with E-state index < -0.39 is 20.3 Å². The van der Waals surface area contributed by atoms with Gasteiger partial charge in [0.1, 0.15) is 10.3 Å². The molecule has 0 radical (unpaired) electrons. The largest absolute Gasteiger partial charge is 0.293 e. The molecule has 0 fully saturated rings. The number of carbonyl (C=O) groups excluding carboxylic acids is 1. The highest BCUT2D eigenvalue weighted by molar-refractivity contribution is 7.90. The van der Waals surface area contributed by atoms with Crippen LogP contribution < -0.4 is 0 Å². The van der Waals surface area contributed by atoms with Crippen molar-refractivity contribution in [3.8, 4) is 0 Å². The van der Waals surface area contributed by atoms with Gasteiger partial charge in [0.15, 0.2) is 5.78 Å². The van der Waals surface area contributed by atoms with Crippen LogP contribution in [0.5, 0.6) is 0 Å². The zero-order valence-electron chi connectivity index (χ0n) is 13.0. The van der Waals surface area contributed by atoms with E-state index in [1.54, 1.807) is 18.2 Å². The maximum Gasteiger partial charge on any atom is 0.282 e. The van der Waals surface area contributed by atoms with Gasteiger partial charge in [-0.05, 0) is 31.1 Å². The van der Waals surface area contributed by atoms with Gasteiger partial charge in [-0.15, -0.1) is 23.2 Å². The summed E-state index contributed by atoms with van der Waals surface area (Å²) in [5.41, 5.74) is 0.497. The van der Waals surface area contributed by atoms with E-state index in [9.17, 15) is 13.2 Å². The highest BCUT2D eigenvalue weighted by Gasteiger charge is 2.45. The lowest BCUT2D eigenvalue weighted by atomic mass is 9.83. The van der Waals surface area contributed by atoms with Gasteiger partial charge in [0.25, 0.3) is 10.0 Å². The Bertz CT molecular complexity index is 781. The number of nitrogens with zero attached hydrogens (tertiary/aromatic N) is 1. The van der Waals surface area contributed by atoms with E-state index in [4.69, 9.17) is 23.2 Å². The number of benzene rings is 1. The predicted molar refractivity (Wildman–Crippen MR) is 92.9 cm³/mol. The minimum absolute atomic E-state index is 0.0579. The average Bonchev–Trinajstić information content (AvgIpc) is 2.49. The molecule has 23 heavy (non-hydrogen) atoms. The molecule has 0 saturated carbocycles. The van der Waals surface area contributed by atoms with Crippen LogP contribution >= 0.6 is 23.2 Å². The molecule has 0 saturated heterocycles. The molecule has 1 aromatic rings. The normalized spacial score (nSPS) is 27.4. The van der Waals surface area contributed by atoms with Gasteiger partial charge >= 0.3 is 0 Å². The average molecular weight is 374 g/mol. The van der Waals surface area contributed by atoms with Crippen LogP contribution in [0.25, 0.3) is 0 Å². The number of hydrogen-bond acceptors (Lipinski definition) is 3. The molecule has 7 heteroatoms. The topological polar surface area (TPSA) is 63.6 Å². The summed E-state index contributed by atoms with van der Waals surface area (Å²) < 4.78 is 28.8. The maximum atomic E-state index is 12.4. The second kappa shape index (κ2) is 6.38. The molecular weight excluding hydrogens is 357 g/mol. The van der Waals surface area contributed by atoms with Crippen LogP contribution in [0, 0.1) is 5.92 Å². The molecule has 0 unspecified atom stereocenters. The van der Waals surface area contributed by atoms with Crippen molar-refractivity contribution < 1.29 is 13.2 Å². The van der Waals surface area contributed by atoms with Gasteiger partial charge in [-0.2, -0.15) is 12.8 Å². The Balaban J connectivity index is 2.61. The number of sulfonamides is 1. The summed E-state index contributed by atoms with van der Waals surface area (Å²) in [6, 6.07) is 7.82. The molecule has 0 amide bonds. The molecule has 0 bridgehead atoms. The summed E-state index contributed by atoms with van der Waals surface area (Å²) in [4.78, 5) is 10.9. The number of Topliss-reactive ketones (excluding diaryl/α,β-unsaturated/α-hetero) is 1. The molecule has 0 heterocycles. The highest BCUT2D eigenvalue weighted by Crippen LogP contribution is 2.36. The molecular formula is C16H17Cl2NO3S. The molecule has 0 aromatic heterocycles. The quantitative estimate of drug-likeness (QED) is 0.760. The molecule has 4 nitrogen and oxygen atoms in total. The monoisotopic (exact) mass is 373 g/mol. The predicted octanol–water partition coefficient (Wildman–Crippen LogP) is 3.59. The third-order valence-electron chi connectivity index (χ3n) is 3.67. The zero-order valence-corrected chi connectivity index (χ0v) is 15.3. The van der Waals surface area contributed by atoms with Gasteiger partial charge in [-0.1, -0.05) is 32.0 Å². The standard InChI is InChI=1S/C16H17Cl2NO3S/c1-10(2)12-9-13(16(3,18)15(17)14(12)20)19-23(21,22)11-7-5-4-6-8-11/h4-10,15H,1-3H3/t15-,16+/m1/s1. The van der Waals surface area contributed by atoms with E-state index >= 15 is 0 Å². The van der Waals surface area contributed by atoms with Crippen molar-refractivity contribution >= 4 is 44.7 Å². The summed E-state index contributed by atoms with van der Waals surface area (Å²) in [7, 11) is -3.93. The summed E-state index contributed by atoms with van der Waals surface area (Å²) >= 11 is 12.5. The third-order valence-corrected chi connectivity index (χ3v) is 6.13. The van der Waals surface area contributed by atoms with Gasteiger partial charge in [-0.25, -0.2) is 0 Å². The van der Waals surface area contributed by atoms with Gasteiger partial charge in [-0.3, -0.25) is 4.79 Å². The number of rotatable bonds is 3. The molecule has 0 N–H and O–H groups in total. The second-order valence-electron chi connectivity index (χ2n) is 5.82. The van der Waals surface area contributed by atoms with Crippen LogP contribution in [0.4, 0.5) is 0 Å². The Kier molecular flexibility index (Phi) is 5.04. The van der Waals surface area contributed by atoms with Crippen molar-refractivity contribution in [2.75, 3.05) is 0 Å². The van der Waals surface area contributed by atoms with Crippen molar-refractivity contribution in [1.82, 2.24) is 0 Å². The molecule has 0 spiro atoms. The lowest BCUT2D eigenvalue weighted by Gasteiger charge is -2.32. The Hall–Kier alpha value is -1.17. The first-order valence-corrected chi connectivity index (χ1v) is 9.32. The van der Waals surface area contributed by atoms with Crippen LogP contribution in [0.1, 0.15) is 20.8 Å². The van der Waals surface area contributed by atoms with Crippen molar-refractivity contribution in [1.29, 1.82) is 0 Å². The number of alkyl halides is 2. The van der Waals surface area contributed by atoms with Crippen LogP contribution in [-0.4, -0.2) is 30.2 Å². The van der Waals surface area contributed by atoms with E-state index in [1.807, 2.05) is 13.8 Å². The fraction of sp³-hybridized carbons (Fsp3) is 0.375. The minimum atomic E-state index is -3.93. The Morgan fingerprint density at radius 1 is 1.22 bits per heavy atom. The van der Waals surface area contributed by atoms with Crippen LogP contribution in [-0.2, 0) is 14.8 Å². The lowest BCUT2D eigenvalue weighted by Crippen LogP contribution is -2.47. The van der Waals surface area contributed by atoms with Gasteiger partial charge in [0.2, 0.25) is 0 Å². The van der Waals surface area contributed by atoms with Crippen LogP contribution in [0.2, 0.25) is 0 Å². The van der Waals surface area contributed by atoms with E-state index in [0.717, 1.165) is 0 Å². The molecule has 1 aromatic carbocycles. The van der Waals surface area contributed by atoms with E-state index in [0.29, 0.717) is 5.57 Å².